The minimum absolute atomic E-state index is 0.704. The molecule has 2 nitrogen and oxygen atoms in total. The lowest BCUT2D eigenvalue weighted by molar-refractivity contribution is 1.29. The summed E-state index contributed by atoms with van der Waals surface area (Å²) in [5.41, 5.74) is 4.62. The van der Waals surface area contributed by atoms with Crippen LogP contribution in [0.25, 0.3) is 55.1 Å². The average molecular weight is 417 g/mol. The first-order valence-corrected chi connectivity index (χ1v) is 10.6. The maximum absolute atomic E-state index is 6.43. The summed E-state index contributed by atoms with van der Waals surface area (Å²) < 4.78 is 0. The SMILES string of the molecule is Clc1cc(-c2cccc(-c3nc4ccccc4c4ccccc34)n2)c2ccccc2c1. The topological polar surface area (TPSA) is 25.8 Å². The molecular formula is C28H17ClN2. The lowest BCUT2D eigenvalue weighted by atomic mass is 10.00. The van der Waals surface area contributed by atoms with Gasteiger partial charge >= 0.3 is 0 Å². The van der Waals surface area contributed by atoms with Crippen LogP contribution in [0.15, 0.2) is 103 Å². The summed E-state index contributed by atoms with van der Waals surface area (Å²) in [6, 6.07) is 35.0. The van der Waals surface area contributed by atoms with E-state index in [1.165, 1.54) is 5.39 Å². The van der Waals surface area contributed by atoms with Gasteiger partial charge in [-0.2, -0.15) is 0 Å². The molecule has 0 spiro atoms. The Morgan fingerprint density at radius 1 is 0.516 bits per heavy atom. The zero-order valence-corrected chi connectivity index (χ0v) is 17.3. The van der Waals surface area contributed by atoms with E-state index >= 15 is 0 Å². The van der Waals surface area contributed by atoms with Gasteiger partial charge in [-0.05, 0) is 46.5 Å². The molecule has 3 heteroatoms. The van der Waals surface area contributed by atoms with Crippen molar-refractivity contribution < 1.29 is 0 Å². The normalized spacial score (nSPS) is 11.4. The van der Waals surface area contributed by atoms with Gasteiger partial charge in [0, 0.05) is 21.4 Å². The minimum Gasteiger partial charge on any atom is -0.246 e. The van der Waals surface area contributed by atoms with Crippen LogP contribution in [0.5, 0.6) is 0 Å². The molecule has 0 bridgehead atoms. The number of hydrogen-bond acceptors (Lipinski definition) is 2. The van der Waals surface area contributed by atoms with Gasteiger partial charge in [0.15, 0.2) is 0 Å². The quantitative estimate of drug-likeness (QED) is 0.268. The van der Waals surface area contributed by atoms with Crippen molar-refractivity contribution in [3.05, 3.63) is 108 Å². The highest BCUT2D eigenvalue weighted by atomic mass is 35.5. The number of hydrogen-bond donors (Lipinski definition) is 0. The number of rotatable bonds is 2. The fourth-order valence-corrected chi connectivity index (χ4v) is 4.53. The second-order valence-corrected chi connectivity index (χ2v) is 8.04. The highest BCUT2D eigenvalue weighted by Gasteiger charge is 2.13. The van der Waals surface area contributed by atoms with Crippen LogP contribution in [0.4, 0.5) is 0 Å². The Balaban J connectivity index is 1.62. The molecular weight excluding hydrogens is 400 g/mol. The molecule has 0 saturated heterocycles. The van der Waals surface area contributed by atoms with Crippen molar-refractivity contribution in [1.82, 2.24) is 9.97 Å². The van der Waals surface area contributed by atoms with E-state index in [2.05, 4.69) is 54.6 Å². The predicted molar refractivity (Wildman–Crippen MR) is 130 cm³/mol. The van der Waals surface area contributed by atoms with E-state index < -0.39 is 0 Å². The summed E-state index contributed by atoms with van der Waals surface area (Å²) in [6.45, 7) is 0. The van der Waals surface area contributed by atoms with Crippen LogP contribution in [0.1, 0.15) is 0 Å². The Morgan fingerprint density at radius 3 is 2.06 bits per heavy atom. The predicted octanol–water partition coefficient (Wildman–Crippen LogP) is 7.92. The lowest BCUT2D eigenvalue weighted by Crippen LogP contribution is -1.94. The van der Waals surface area contributed by atoms with Crippen molar-refractivity contribution in [3.8, 4) is 22.6 Å². The van der Waals surface area contributed by atoms with E-state index in [0.29, 0.717) is 5.02 Å². The van der Waals surface area contributed by atoms with Crippen molar-refractivity contribution in [2.24, 2.45) is 0 Å². The second-order valence-electron chi connectivity index (χ2n) is 7.61. The van der Waals surface area contributed by atoms with Gasteiger partial charge in [-0.15, -0.1) is 0 Å². The second kappa shape index (κ2) is 7.19. The molecule has 2 aromatic heterocycles. The number of aromatic nitrogens is 2. The highest BCUT2D eigenvalue weighted by molar-refractivity contribution is 6.32. The standard InChI is InChI=1S/C28H17ClN2/c29-19-16-18-8-1-2-9-20(18)24(17-19)26-14-7-15-27(30-26)28-23-12-4-3-10-21(23)22-11-5-6-13-25(22)31-28/h1-17H. The Bertz CT molecular complexity index is 1600. The Hall–Kier alpha value is -3.75. The number of benzene rings is 4. The van der Waals surface area contributed by atoms with Gasteiger partial charge in [0.25, 0.3) is 0 Å². The van der Waals surface area contributed by atoms with Crippen molar-refractivity contribution in [2.75, 3.05) is 0 Å². The van der Waals surface area contributed by atoms with Gasteiger partial charge in [0.05, 0.1) is 22.6 Å². The molecule has 6 aromatic rings. The minimum atomic E-state index is 0.704. The van der Waals surface area contributed by atoms with E-state index in [-0.39, 0.29) is 0 Å². The zero-order valence-electron chi connectivity index (χ0n) is 16.6. The molecule has 31 heavy (non-hydrogen) atoms. The van der Waals surface area contributed by atoms with Gasteiger partial charge in [0.2, 0.25) is 0 Å². The van der Waals surface area contributed by atoms with Gasteiger partial charge in [-0.1, -0.05) is 84.4 Å². The van der Waals surface area contributed by atoms with Crippen LogP contribution in [-0.2, 0) is 0 Å². The summed E-state index contributed by atoms with van der Waals surface area (Å²) >= 11 is 6.43. The van der Waals surface area contributed by atoms with Crippen LogP contribution in [0.3, 0.4) is 0 Å². The largest absolute Gasteiger partial charge is 0.246 e. The molecule has 0 N–H and O–H groups in total. The van der Waals surface area contributed by atoms with E-state index in [9.17, 15) is 0 Å². The molecule has 2 heterocycles. The van der Waals surface area contributed by atoms with Crippen molar-refractivity contribution in [2.45, 2.75) is 0 Å². The van der Waals surface area contributed by atoms with Gasteiger partial charge < -0.3 is 0 Å². The number of nitrogens with zero attached hydrogens (tertiary/aromatic N) is 2. The zero-order chi connectivity index (χ0) is 20.8. The van der Waals surface area contributed by atoms with Crippen molar-refractivity contribution in [3.63, 3.8) is 0 Å². The first kappa shape index (κ1) is 18.1. The van der Waals surface area contributed by atoms with Crippen LogP contribution in [0.2, 0.25) is 5.02 Å². The van der Waals surface area contributed by atoms with Crippen LogP contribution < -0.4 is 0 Å². The van der Waals surface area contributed by atoms with Crippen LogP contribution in [0, 0.1) is 0 Å². The summed E-state index contributed by atoms with van der Waals surface area (Å²) in [7, 11) is 0. The monoisotopic (exact) mass is 416 g/mol. The van der Waals surface area contributed by atoms with E-state index in [1.54, 1.807) is 0 Å². The third kappa shape index (κ3) is 3.04. The van der Waals surface area contributed by atoms with Crippen LogP contribution >= 0.6 is 11.6 Å². The summed E-state index contributed by atoms with van der Waals surface area (Å²) in [5, 5.41) is 6.37. The first-order valence-electron chi connectivity index (χ1n) is 10.2. The smallest absolute Gasteiger partial charge is 0.0972 e. The van der Waals surface area contributed by atoms with Gasteiger partial charge in [-0.3, -0.25) is 0 Å². The van der Waals surface area contributed by atoms with E-state index in [0.717, 1.165) is 49.7 Å². The highest BCUT2D eigenvalue weighted by Crippen LogP contribution is 2.34. The van der Waals surface area contributed by atoms with Crippen molar-refractivity contribution in [1.29, 1.82) is 0 Å². The number of fused-ring (bicyclic) bond motifs is 4. The first-order chi connectivity index (χ1) is 15.3. The Morgan fingerprint density at radius 2 is 1.19 bits per heavy atom. The Kier molecular flexibility index (Phi) is 4.19. The number of pyridine rings is 2. The fourth-order valence-electron chi connectivity index (χ4n) is 4.30. The van der Waals surface area contributed by atoms with Gasteiger partial charge in [-0.25, -0.2) is 9.97 Å². The third-order valence-electron chi connectivity index (χ3n) is 5.70. The molecule has 0 fully saturated rings. The fraction of sp³-hybridized carbons (Fsp3) is 0. The summed E-state index contributed by atoms with van der Waals surface area (Å²) in [6.07, 6.45) is 0. The average Bonchev–Trinajstić information content (AvgIpc) is 2.83. The number of halogens is 1. The molecule has 0 aliphatic heterocycles. The summed E-state index contributed by atoms with van der Waals surface area (Å²) in [4.78, 5) is 10.0. The molecule has 0 unspecified atom stereocenters. The van der Waals surface area contributed by atoms with Gasteiger partial charge in [0.1, 0.15) is 0 Å². The molecule has 0 aliphatic rings. The maximum atomic E-state index is 6.43. The Labute approximate surface area is 184 Å². The molecule has 6 rings (SSSR count). The third-order valence-corrected chi connectivity index (χ3v) is 5.92. The molecule has 0 atom stereocenters. The number of para-hydroxylation sites is 1. The molecule has 146 valence electrons. The molecule has 0 saturated carbocycles. The lowest BCUT2D eigenvalue weighted by Gasteiger charge is -2.12. The van der Waals surface area contributed by atoms with E-state index in [1.807, 2.05) is 48.5 Å². The molecule has 0 radical (unpaired) electrons. The van der Waals surface area contributed by atoms with Crippen LogP contribution in [-0.4, -0.2) is 9.97 Å². The van der Waals surface area contributed by atoms with E-state index in [4.69, 9.17) is 21.6 Å². The molecule has 0 aliphatic carbocycles. The summed E-state index contributed by atoms with van der Waals surface area (Å²) in [5.74, 6) is 0. The van der Waals surface area contributed by atoms with Crippen molar-refractivity contribution >= 4 is 44.0 Å². The molecule has 4 aromatic carbocycles. The maximum Gasteiger partial charge on any atom is 0.0972 e. The molecule has 0 amide bonds.